The molecule has 0 radical (unpaired) electrons. The standard InChI is InChI=1S/C49H74O14/c1-3-5-7-17-23-29-39(51)41(53)31-25-19-13-9-11-15-21-27-33-44(55)60-36-38(37-61-49-48(59)47(58)46(57)43(35-50)63-49)62-45(56)34-28-22-16-12-10-14-20-26-32-42(54)40(52)30-24-18-8-6-4-2/h5-8,11-16,19-20,23-26,29-32,38-43,46-54,57-59H,3-4,9-10,17-18,21-22,27-28,33-37H2,1-2H3/b7-5-,8-6-,15-11-,16-12-,19-13-,20-14-,29-23-,30-24-,31-25+,32-26+/t38?,39-,40-,41+,42+,43+,46-,47-,48+,49+/m0/s1. The molecule has 14 heteroatoms. The van der Waals surface area contributed by atoms with Gasteiger partial charge in [0.2, 0.25) is 0 Å². The third-order valence-corrected chi connectivity index (χ3v) is 9.23. The van der Waals surface area contributed by atoms with E-state index in [1.807, 2.05) is 74.6 Å². The molecule has 8 N–H and O–H groups in total. The summed E-state index contributed by atoms with van der Waals surface area (Å²) in [5, 5.41) is 80.2. The van der Waals surface area contributed by atoms with Crippen molar-refractivity contribution in [3.05, 3.63) is 122 Å². The van der Waals surface area contributed by atoms with Crippen LogP contribution in [-0.4, -0.2) is 134 Å². The van der Waals surface area contributed by atoms with Gasteiger partial charge in [-0.05, 0) is 64.2 Å². The molecule has 1 fully saturated rings. The second-order valence-electron chi connectivity index (χ2n) is 14.7. The molecule has 0 aromatic rings. The number of aliphatic hydroxyl groups is 8. The fraction of sp³-hybridized carbons (Fsp3) is 0.551. The summed E-state index contributed by atoms with van der Waals surface area (Å²) >= 11 is 0. The van der Waals surface area contributed by atoms with Crippen LogP contribution in [-0.2, 0) is 28.5 Å². The first-order valence-electron chi connectivity index (χ1n) is 22.0. The van der Waals surface area contributed by atoms with Gasteiger partial charge in [0.1, 0.15) is 55.4 Å². The van der Waals surface area contributed by atoms with Crippen LogP contribution in [0, 0.1) is 0 Å². The minimum Gasteiger partial charge on any atom is -0.462 e. The predicted octanol–water partition coefficient (Wildman–Crippen LogP) is 4.98. The van der Waals surface area contributed by atoms with Gasteiger partial charge in [0.25, 0.3) is 0 Å². The van der Waals surface area contributed by atoms with Crippen molar-refractivity contribution in [2.45, 2.75) is 152 Å². The van der Waals surface area contributed by atoms with Gasteiger partial charge in [-0.2, -0.15) is 0 Å². The zero-order valence-corrected chi connectivity index (χ0v) is 37.0. The van der Waals surface area contributed by atoms with Crippen LogP contribution in [0.3, 0.4) is 0 Å². The van der Waals surface area contributed by atoms with Gasteiger partial charge in [-0.25, -0.2) is 0 Å². The Morgan fingerprint density at radius 2 is 1.03 bits per heavy atom. The van der Waals surface area contributed by atoms with Crippen molar-refractivity contribution in [1.82, 2.24) is 0 Å². The van der Waals surface area contributed by atoms with Crippen LogP contribution in [0.1, 0.15) is 90.9 Å². The van der Waals surface area contributed by atoms with Crippen LogP contribution in [0.25, 0.3) is 0 Å². The highest BCUT2D eigenvalue weighted by molar-refractivity contribution is 5.70. The molecule has 14 nitrogen and oxygen atoms in total. The number of carbonyl (C=O) groups excluding carboxylic acids is 2. The molecule has 0 bridgehead atoms. The molecular weight excluding hydrogens is 813 g/mol. The maximum atomic E-state index is 12.8. The Hall–Kier alpha value is -4.06. The summed E-state index contributed by atoms with van der Waals surface area (Å²) in [4.78, 5) is 25.3. The highest BCUT2D eigenvalue weighted by atomic mass is 16.7. The third-order valence-electron chi connectivity index (χ3n) is 9.23. The minimum atomic E-state index is -1.67. The number of esters is 2. The number of allylic oxidation sites excluding steroid dienone is 16. The molecule has 0 saturated carbocycles. The highest BCUT2D eigenvalue weighted by Gasteiger charge is 2.44. The van der Waals surface area contributed by atoms with Gasteiger partial charge in [-0.3, -0.25) is 9.59 Å². The van der Waals surface area contributed by atoms with Gasteiger partial charge in [0, 0.05) is 12.8 Å². The summed E-state index contributed by atoms with van der Waals surface area (Å²) in [5.41, 5.74) is 0. The molecule has 1 heterocycles. The zero-order valence-electron chi connectivity index (χ0n) is 37.0. The van der Waals surface area contributed by atoms with E-state index < -0.39 is 79.8 Å². The minimum absolute atomic E-state index is 0.0505. The molecule has 63 heavy (non-hydrogen) atoms. The molecule has 10 atom stereocenters. The Bertz CT molecular complexity index is 1510. The summed E-state index contributed by atoms with van der Waals surface area (Å²) in [7, 11) is 0. The molecule has 1 aliphatic heterocycles. The summed E-state index contributed by atoms with van der Waals surface area (Å²) < 4.78 is 21.9. The average molecular weight is 887 g/mol. The number of hydrogen-bond acceptors (Lipinski definition) is 14. The molecular formula is C49H74O14. The monoisotopic (exact) mass is 887 g/mol. The molecule has 0 aromatic carbocycles. The quantitative estimate of drug-likeness (QED) is 0.0188. The van der Waals surface area contributed by atoms with Gasteiger partial charge in [-0.1, -0.05) is 135 Å². The summed E-state index contributed by atoms with van der Waals surface area (Å²) in [6.45, 7) is 2.70. The third kappa shape index (κ3) is 28.4. The molecule has 1 aliphatic rings. The molecule has 354 valence electrons. The van der Waals surface area contributed by atoms with E-state index in [9.17, 15) is 50.4 Å². The van der Waals surface area contributed by atoms with Gasteiger partial charge < -0.3 is 59.8 Å². The number of hydrogen-bond donors (Lipinski definition) is 8. The maximum Gasteiger partial charge on any atom is 0.306 e. The lowest BCUT2D eigenvalue weighted by Gasteiger charge is -2.39. The van der Waals surface area contributed by atoms with Gasteiger partial charge in [-0.15, -0.1) is 0 Å². The van der Waals surface area contributed by atoms with E-state index in [0.717, 1.165) is 12.8 Å². The Balaban J connectivity index is 2.55. The summed E-state index contributed by atoms with van der Waals surface area (Å²) in [5.74, 6) is -1.10. The van der Waals surface area contributed by atoms with Gasteiger partial charge in [0.05, 0.1) is 13.2 Å². The second-order valence-corrected chi connectivity index (χ2v) is 14.7. The number of aliphatic hydroxyl groups excluding tert-OH is 8. The highest BCUT2D eigenvalue weighted by Crippen LogP contribution is 2.22. The maximum absolute atomic E-state index is 12.8. The number of carbonyl (C=O) groups is 2. The molecule has 1 saturated heterocycles. The van der Waals surface area contributed by atoms with Crippen LogP contribution in [0.15, 0.2) is 122 Å². The Morgan fingerprint density at radius 3 is 1.54 bits per heavy atom. The van der Waals surface area contributed by atoms with Crippen molar-refractivity contribution in [2.75, 3.05) is 19.8 Å². The van der Waals surface area contributed by atoms with Crippen molar-refractivity contribution in [3.63, 3.8) is 0 Å². The molecule has 0 aromatic heterocycles. The van der Waals surface area contributed by atoms with Crippen LogP contribution in [0.4, 0.5) is 0 Å². The lowest BCUT2D eigenvalue weighted by molar-refractivity contribution is -0.305. The van der Waals surface area contributed by atoms with E-state index in [1.54, 1.807) is 48.6 Å². The van der Waals surface area contributed by atoms with E-state index in [0.29, 0.717) is 51.4 Å². The van der Waals surface area contributed by atoms with E-state index in [2.05, 4.69) is 0 Å². The Morgan fingerprint density at radius 1 is 0.556 bits per heavy atom. The van der Waals surface area contributed by atoms with Crippen LogP contribution >= 0.6 is 0 Å². The van der Waals surface area contributed by atoms with Crippen molar-refractivity contribution in [3.8, 4) is 0 Å². The van der Waals surface area contributed by atoms with Crippen molar-refractivity contribution >= 4 is 11.9 Å². The summed E-state index contributed by atoms with van der Waals surface area (Å²) in [6.07, 6.45) is 30.2. The van der Waals surface area contributed by atoms with Crippen LogP contribution in [0.5, 0.6) is 0 Å². The molecule has 0 aliphatic carbocycles. The first-order chi connectivity index (χ1) is 30.4. The van der Waals surface area contributed by atoms with Crippen LogP contribution < -0.4 is 0 Å². The fourth-order valence-corrected chi connectivity index (χ4v) is 5.58. The largest absolute Gasteiger partial charge is 0.462 e. The van der Waals surface area contributed by atoms with Gasteiger partial charge >= 0.3 is 11.9 Å². The number of unbranched alkanes of at least 4 members (excludes halogenated alkanes) is 2. The van der Waals surface area contributed by atoms with E-state index in [-0.39, 0.29) is 26.1 Å². The topological polar surface area (TPSA) is 233 Å². The fourth-order valence-electron chi connectivity index (χ4n) is 5.58. The Kier molecular flexibility index (Phi) is 33.7. The van der Waals surface area contributed by atoms with Gasteiger partial charge in [0.15, 0.2) is 12.4 Å². The zero-order chi connectivity index (χ0) is 46.5. The predicted molar refractivity (Wildman–Crippen MR) is 243 cm³/mol. The Labute approximate surface area is 373 Å². The molecule has 0 amide bonds. The SMILES string of the molecule is CC/C=C\C/C=C\[C@H](O)[C@H](O)/C=C/C=C\C/C=C\CCCC(=O)OCC(CO[C@@H]1O[C@H](CO)[C@H](O)[C@H](O)[C@H]1O)OC(=O)CCC/C=C\C/C=C\C=C\[C@@H](O)[C@@H](O)/C=C\C/C=C\CC. The molecule has 0 spiro atoms. The van der Waals surface area contributed by atoms with Crippen molar-refractivity contribution in [1.29, 1.82) is 0 Å². The van der Waals surface area contributed by atoms with E-state index in [1.165, 1.54) is 12.2 Å². The number of ether oxygens (including phenoxy) is 4. The normalized spacial score (nSPS) is 22.7. The van der Waals surface area contributed by atoms with Crippen LogP contribution in [0.2, 0.25) is 0 Å². The first kappa shape index (κ1) is 57.0. The summed E-state index contributed by atoms with van der Waals surface area (Å²) in [6, 6.07) is 0. The van der Waals surface area contributed by atoms with Crippen molar-refractivity contribution < 1.29 is 69.4 Å². The smallest absolute Gasteiger partial charge is 0.306 e. The first-order valence-corrected chi connectivity index (χ1v) is 22.0. The molecule has 1 rings (SSSR count). The lowest BCUT2D eigenvalue weighted by Crippen LogP contribution is -2.59. The lowest BCUT2D eigenvalue weighted by atomic mass is 9.99. The number of rotatable bonds is 33. The average Bonchev–Trinajstić information content (AvgIpc) is 3.27. The second kappa shape index (κ2) is 37.3. The van der Waals surface area contributed by atoms with Crippen molar-refractivity contribution in [2.24, 2.45) is 0 Å². The van der Waals surface area contributed by atoms with E-state index in [4.69, 9.17) is 18.9 Å². The van der Waals surface area contributed by atoms with E-state index >= 15 is 0 Å². The molecule has 1 unspecified atom stereocenters.